The molecule has 1 unspecified atom stereocenters. The molecule has 6 heteroatoms. The second kappa shape index (κ2) is 5.97. The second-order valence-electron chi connectivity index (χ2n) is 4.35. The molecule has 3 N–H and O–H groups in total. The van der Waals surface area contributed by atoms with Crippen LogP contribution in [0.1, 0.15) is 11.1 Å². The number of carbonyl (C=O) groups is 1. The first-order valence-electron chi connectivity index (χ1n) is 5.52. The lowest BCUT2D eigenvalue weighted by molar-refractivity contribution is -0.138. The van der Waals surface area contributed by atoms with Crippen molar-refractivity contribution in [1.29, 1.82) is 0 Å². The summed E-state index contributed by atoms with van der Waals surface area (Å²) in [5.74, 6) is -0.919. The van der Waals surface area contributed by atoms with Crippen LogP contribution in [0.25, 0.3) is 0 Å². The van der Waals surface area contributed by atoms with Crippen LogP contribution in [-0.4, -0.2) is 37.5 Å². The van der Waals surface area contributed by atoms with Gasteiger partial charge >= 0.3 is 5.97 Å². The van der Waals surface area contributed by atoms with Crippen LogP contribution in [0.5, 0.6) is 0 Å². The Balaban J connectivity index is 2.60. The highest BCUT2D eigenvalue weighted by Gasteiger charge is 2.11. The molecule has 1 aromatic rings. The maximum absolute atomic E-state index is 11.0. The monoisotopic (exact) mass is 271 g/mol. The van der Waals surface area contributed by atoms with Gasteiger partial charge in [0.05, 0.1) is 5.75 Å². The Kier molecular flexibility index (Phi) is 4.86. The molecular formula is C12H17NO4S. The smallest absolute Gasteiger partial charge is 0.320 e. The quantitative estimate of drug-likeness (QED) is 0.771. The number of nitrogens with two attached hydrogens (primary N) is 1. The van der Waals surface area contributed by atoms with Gasteiger partial charge in [-0.3, -0.25) is 4.79 Å². The molecule has 0 aliphatic heterocycles. The van der Waals surface area contributed by atoms with Gasteiger partial charge in [0.15, 0.2) is 0 Å². The molecular weight excluding hydrogens is 254 g/mol. The van der Waals surface area contributed by atoms with Gasteiger partial charge < -0.3 is 10.8 Å². The van der Waals surface area contributed by atoms with Crippen molar-refractivity contribution in [1.82, 2.24) is 0 Å². The SMILES string of the molecule is CS(=O)(=O)CCc1ccc(CC(N)C(=O)O)cc1. The van der Waals surface area contributed by atoms with Crippen molar-refractivity contribution in [2.75, 3.05) is 12.0 Å². The molecule has 0 spiro atoms. The zero-order chi connectivity index (χ0) is 13.8. The Morgan fingerprint density at radius 1 is 1.28 bits per heavy atom. The second-order valence-corrected chi connectivity index (χ2v) is 6.60. The van der Waals surface area contributed by atoms with Crippen molar-refractivity contribution in [2.45, 2.75) is 18.9 Å². The van der Waals surface area contributed by atoms with Gasteiger partial charge in [-0.25, -0.2) is 8.42 Å². The summed E-state index contributed by atoms with van der Waals surface area (Å²) in [6.45, 7) is 0. The fraction of sp³-hybridized carbons (Fsp3) is 0.417. The predicted molar refractivity (Wildman–Crippen MR) is 69.2 cm³/mol. The molecule has 0 saturated carbocycles. The van der Waals surface area contributed by atoms with E-state index in [4.69, 9.17) is 10.8 Å². The number of sulfone groups is 1. The molecule has 0 bridgehead atoms. The minimum Gasteiger partial charge on any atom is -0.480 e. The predicted octanol–water partition coefficient (Wildman–Crippen LogP) is 0.228. The van der Waals surface area contributed by atoms with E-state index in [0.717, 1.165) is 11.1 Å². The first-order chi connectivity index (χ1) is 8.28. The van der Waals surface area contributed by atoms with Gasteiger partial charge in [-0.15, -0.1) is 0 Å². The van der Waals surface area contributed by atoms with Crippen molar-refractivity contribution in [3.63, 3.8) is 0 Å². The number of carboxylic acids is 1. The fourth-order valence-electron chi connectivity index (χ4n) is 1.49. The molecule has 0 radical (unpaired) electrons. The number of benzene rings is 1. The van der Waals surface area contributed by atoms with Gasteiger partial charge in [0.25, 0.3) is 0 Å². The molecule has 1 aromatic carbocycles. The molecule has 0 aromatic heterocycles. The van der Waals surface area contributed by atoms with Crippen LogP contribution in [0.4, 0.5) is 0 Å². The molecule has 0 aliphatic carbocycles. The lowest BCUT2D eigenvalue weighted by Crippen LogP contribution is -2.32. The van der Waals surface area contributed by atoms with E-state index in [1.54, 1.807) is 24.3 Å². The number of aryl methyl sites for hydroxylation is 1. The molecule has 0 aliphatic rings. The number of hydrogen-bond donors (Lipinski definition) is 2. The molecule has 18 heavy (non-hydrogen) atoms. The molecule has 0 saturated heterocycles. The molecule has 0 heterocycles. The molecule has 100 valence electrons. The third-order valence-corrected chi connectivity index (χ3v) is 3.50. The summed E-state index contributed by atoms with van der Waals surface area (Å²) in [6.07, 6.45) is 1.93. The summed E-state index contributed by atoms with van der Waals surface area (Å²) >= 11 is 0. The van der Waals surface area contributed by atoms with Gasteiger partial charge in [0.1, 0.15) is 15.9 Å². The average molecular weight is 271 g/mol. The van der Waals surface area contributed by atoms with Gasteiger partial charge in [-0.1, -0.05) is 24.3 Å². The van der Waals surface area contributed by atoms with Gasteiger partial charge in [-0.2, -0.15) is 0 Å². The Morgan fingerprint density at radius 3 is 2.22 bits per heavy atom. The third-order valence-electron chi connectivity index (χ3n) is 2.56. The van der Waals surface area contributed by atoms with Crippen LogP contribution < -0.4 is 5.73 Å². The summed E-state index contributed by atoms with van der Waals surface area (Å²) in [7, 11) is -2.96. The summed E-state index contributed by atoms with van der Waals surface area (Å²) in [5, 5.41) is 8.68. The van der Waals surface area contributed by atoms with Crippen molar-refractivity contribution >= 4 is 15.8 Å². The third kappa shape index (κ3) is 5.29. The van der Waals surface area contributed by atoms with E-state index in [9.17, 15) is 13.2 Å². The van der Waals surface area contributed by atoms with Crippen LogP contribution in [0, 0.1) is 0 Å². The van der Waals surface area contributed by atoms with E-state index in [2.05, 4.69) is 0 Å². The van der Waals surface area contributed by atoms with Crippen LogP contribution >= 0.6 is 0 Å². The van der Waals surface area contributed by atoms with E-state index in [1.165, 1.54) is 6.26 Å². The van der Waals surface area contributed by atoms with E-state index in [1.807, 2.05) is 0 Å². The summed E-state index contributed by atoms with van der Waals surface area (Å²) in [5.41, 5.74) is 7.16. The Hall–Kier alpha value is -1.40. The van der Waals surface area contributed by atoms with Gasteiger partial charge in [0, 0.05) is 6.26 Å². The maximum atomic E-state index is 11.0. The van der Waals surface area contributed by atoms with Crippen LogP contribution in [0.15, 0.2) is 24.3 Å². The first kappa shape index (κ1) is 14.7. The molecule has 0 fully saturated rings. The lowest BCUT2D eigenvalue weighted by atomic mass is 10.0. The zero-order valence-electron chi connectivity index (χ0n) is 10.2. The highest BCUT2D eigenvalue weighted by Crippen LogP contribution is 2.08. The summed E-state index contributed by atoms with van der Waals surface area (Å²) < 4.78 is 22.0. The van der Waals surface area contributed by atoms with Crippen LogP contribution in [0.2, 0.25) is 0 Å². The van der Waals surface area contributed by atoms with Crippen molar-refractivity contribution in [3.05, 3.63) is 35.4 Å². The molecule has 0 amide bonds. The fourth-order valence-corrected chi connectivity index (χ4v) is 2.09. The summed E-state index contributed by atoms with van der Waals surface area (Å²) in [4.78, 5) is 10.6. The van der Waals surface area contributed by atoms with Crippen molar-refractivity contribution in [3.8, 4) is 0 Å². The van der Waals surface area contributed by atoms with Crippen molar-refractivity contribution in [2.24, 2.45) is 5.73 Å². The maximum Gasteiger partial charge on any atom is 0.320 e. The number of aliphatic carboxylic acids is 1. The van der Waals surface area contributed by atoms with E-state index in [-0.39, 0.29) is 12.2 Å². The number of hydrogen-bond acceptors (Lipinski definition) is 4. The van der Waals surface area contributed by atoms with E-state index >= 15 is 0 Å². The molecule has 5 nitrogen and oxygen atoms in total. The van der Waals surface area contributed by atoms with E-state index in [0.29, 0.717) is 6.42 Å². The topological polar surface area (TPSA) is 97.5 Å². The molecule has 1 rings (SSSR count). The van der Waals surface area contributed by atoms with Crippen molar-refractivity contribution < 1.29 is 18.3 Å². The Bertz CT molecular complexity index is 507. The van der Waals surface area contributed by atoms with Crippen LogP contribution in [-0.2, 0) is 27.5 Å². The highest BCUT2D eigenvalue weighted by atomic mass is 32.2. The lowest BCUT2D eigenvalue weighted by Gasteiger charge is -2.07. The summed E-state index contributed by atoms with van der Waals surface area (Å²) in [6, 6.07) is 6.25. The minimum absolute atomic E-state index is 0.112. The number of rotatable bonds is 6. The van der Waals surface area contributed by atoms with Crippen LogP contribution in [0.3, 0.4) is 0 Å². The highest BCUT2D eigenvalue weighted by molar-refractivity contribution is 7.90. The largest absolute Gasteiger partial charge is 0.480 e. The Morgan fingerprint density at radius 2 is 1.78 bits per heavy atom. The molecule has 1 atom stereocenters. The normalized spacial score (nSPS) is 13.2. The average Bonchev–Trinajstić information content (AvgIpc) is 2.27. The Labute approximate surface area is 107 Å². The van der Waals surface area contributed by atoms with E-state index < -0.39 is 21.8 Å². The zero-order valence-corrected chi connectivity index (χ0v) is 11.0. The van der Waals surface area contributed by atoms with Gasteiger partial charge in [-0.05, 0) is 24.0 Å². The first-order valence-corrected chi connectivity index (χ1v) is 7.58. The number of carboxylic acid groups (broad SMARTS) is 1. The minimum atomic E-state index is -2.96. The standard InChI is InChI=1S/C12H17NO4S/c1-18(16,17)7-6-9-2-4-10(5-3-9)8-11(13)12(14)15/h2-5,11H,6-8,13H2,1H3,(H,14,15). The van der Waals surface area contributed by atoms with Gasteiger partial charge in [0.2, 0.25) is 0 Å².